The smallest absolute Gasteiger partial charge is 0.0596 e. The van der Waals surface area contributed by atoms with E-state index in [4.69, 9.17) is 0 Å². The van der Waals surface area contributed by atoms with Gasteiger partial charge in [0.1, 0.15) is 0 Å². The first-order valence-electron chi connectivity index (χ1n) is 8.95. The van der Waals surface area contributed by atoms with Crippen molar-refractivity contribution >= 4 is 0 Å². The van der Waals surface area contributed by atoms with E-state index < -0.39 is 0 Å². The van der Waals surface area contributed by atoms with E-state index in [0.29, 0.717) is 0 Å². The monoisotopic (exact) mass is 278 g/mol. The second kappa shape index (κ2) is 4.71. The molecule has 114 valence electrons. The molecule has 4 aliphatic rings. The van der Waals surface area contributed by atoms with Crippen LogP contribution in [0.2, 0.25) is 0 Å². The van der Waals surface area contributed by atoms with Crippen molar-refractivity contribution in [2.45, 2.75) is 76.9 Å². The van der Waals surface area contributed by atoms with Crippen LogP contribution in [0.5, 0.6) is 0 Å². The zero-order valence-corrected chi connectivity index (χ0v) is 12.8. The molecule has 0 unspecified atom stereocenters. The van der Waals surface area contributed by atoms with Crippen molar-refractivity contribution in [2.75, 3.05) is 0 Å². The van der Waals surface area contributed by atoms with E-state index in [1.165, 1.54) is 38.5 Å². The standard InChI is InChI=1S/C18H30O2/c1-18-9-8-14-13-5-3-12(19)10-11(13)2-4-15(14)16(18)6-7-17(18)20/h11-17,19-20H,2-10H2,1H3/t11-,12+,13-,14+,15+,16-,17+,18-/m0/s1. The lowest BCUT2D eigenvalue weighted by atomic mass is 9.50. The molecule has 0 spiro atoms. The summed E-state index contributed by atoms with van der Waals surface area (Å²) in [5.74, 6) is 4.26. The van der Waals surface area contributed by atoms with Crippen molar-refractivity contribution in [3.05, 3.63) is 0 Å². The lowest BCUT2D eigenvalue weighted by Crippen LogP contribution is -2.49. The molecule has 4 rings (SSSR count). The molecule has 0 aromatic heterocycles. The van der Waals surface area contributed by atoms with Crippen LogP contribution in [0.3, 0.4) is 0 Å². The minimum absolute atomic E-state index is 0.0186. The van der Waals surface area contributed by atoms with Gasteiger partial charge in [0.05, 0.1) is 12.2 Å². The summed E-state index contributed by atoms with van der Waals surface area (Å²) in [6.45, 7) is 2.36. The molecule has 4 fully saturated rings. The van der Waals surface area contributed by atoms with Crippen LogP contribution >= 0.6 is 0 Å². The predicted molar refractivity (Wildman–Crippen MR) is 79.1 cm³/mol. The minimum Gasteiger partial charge on any atom is -0.393 e. The van der Waals surface area contributed by atoms with Gasteiger partial charge >= 0.3 is 0 Å². The highest BCUT2D eigenvalue weighted by Gasteiger charge is 2.56. The van der Waals surface area contributed by atoms with E-state index in [0.717, 1.165) is 48.9 Å². The number of hydrogen-bond acceptors (Lipinski definition) is 2. The fraction of sp³-hybridized carbons (Fsp3) is 1.00. The number of aliphatic hydroxyl groups excluding tert-OH is 2. The first-order valence-corrected chi connectivity index (χ1v) is 8.95. The van der Waals surface area contributed by atoms with Crippen LogP contribution in [0.15, 0.2) is 0 Å². The molecular weight excluding hydrogens is 248 g/mol. The molecule has 20 heavy (non-hydrogen) atoms. The number of fused-ring (bicyclic) bond motifs is 5. The van der Waals surface area contributed by atoms with Crippen LogP contribution in [0.1, 0.15) is 64.7 Å². The van der Waals surface area contributed by atoms with Gasteiger partial charge in [-0.25, -0.2) is 0 Å². The van der Waals surface area contributed by atoms with Gasteiger partial charge in [-0.2, -0.15) is 0 Å². The van der Waals surface area contributed by atoms with E-state index in [2.05, 4.69) is 6.92 Å². The summed E-state index contributed by atoms with van der Waals surface area (Å²) in [6.07, 6.45) is 10.9. The first kappa shape index (κ1) is 13.6. The fourth-order valence-corrected chi connectivity index (χ4v) is 6.80. The summed E-state index contributed by atoms with van der Waals surface area (Å²) in [7, 11) is 0. The van der Waals surface area contributed by atoms with E-state index >= 15 is 0 Å². The van der Waals surface area contributed by atoms with Gasteiger partial charge in [0, 0.05) is 0 Å². The SMILES string of the molecule is C[C@]12CC[C@H]3[C@@H](CC[C@H]4C[C@H](O)CC[C@@H]43)[C@@H]1CC[C@H]2O. The van der Waals surface area contributed by atoms with E-state index in [1.807, 2.05) is 0 Å². The van der Waals surface area contributed by atoms with Crippen LogP contribution < -0.4 is 0 Å². The summed E-state index contributed by atoms with van der Waals surface area (Å²) in [5.41, 5.74) is 0.224. The van der Waals surface area contributed by atoms with Crippen molar-refractivity contribution in [3.63, 3.8) is 0 Å². The number of hydrogen-bond donors (Lipinski definition) is 2. The zero-order chi connectivity index (χ0) is 13.9. The van der Waals surface area contributed by atoms with Crippen molar-refractivity contribution < 1.29 is 10.2 Å². The summed E-state index contributed by atoms with van der Waals surface area (Å²) >= 11 is 0. The quantitative estimate of drug-likeness (QED) is 0.713. The van der Waals surface area contributed by atoms with Crippen molar-refractivity contribution in [1.29, 1.82) is 0 Å². The largest absolute Gasteiger partial charge is 0.393 e. The van der Waals surface area contributed by atoms with Gasteiger partial charge < -0.3 is 10.2 Å². The molecule has 0 radical (unpaired) electrons. The third-order valence-corrected chi connectivity index (χ3v) is 7.88. The molecule has 0 saturated heterocycles. The van der Waals surface area contributed by atoms with Crippen LogP contribution in [0, 0.1) is 35.0 Å². The topological polar surface area (TPSA) is 40.5 Å². The van der Waals surface area contributed by atoms with Gasteiger partial charge in [0.2, 0.25) is 0 Å². The first-order chi connectivity index (χ1) is 9.59. The summed E-state index contributed by atoms with van der Waals surface area (Å²) in [6, 6.07) is 0. The second-order valence-electron chi connectivity index (χ2n) is 8.54. The van der Waals surface area contributed by atoms with E-state index in [1.54, 1.807) is 0 Å². The number of rotatable bonds is 0. The molecule has 0 aromatic carbocycles. The van der Waals surface area contributed by atoms with Gasteiger partial charge in [0.15, 0.2) is 0 Å². The number of aliphatic hydroxyl groups is 2. The Bertz CT molecular complexity index is 382. The van der Waals surface area contributed by atoms with Gasteiger partial charge in [-0.3, -0.25) is 0 Å². The highest BCUT2D eigenvalue weighted by Crippen LogP contribution is 2.62. The van der Waals surface area contributed by atoms with Gasteiger partial charge in [0.25, 0.3) is 0 Å². The van der Waals surface area contributed by atoms with Crippen LogP contribution in [0.25, 0.3) is 0 Å². The third kappa shape index (κ3) is 1.83. The molecule has 2 N–H and O–H groups in total. The highest BCUT2D eigenvalue weighted by molar-refractivity contribution is 5.06. The van der Waals surface area contributed by atoms with Crippen molar-refractivity contribution in [2.24, 2.45) is 35.0 Å². The maximum absolute atomic E-state index is 10.4. The maximum atomic E-state index is 10.4. The Morgan fingerprint density at radius 2 is 1.60 bits per heavy atom. The Hall–Kier alpha value is -0.0800. The molecule has 4 saturated carbocycles. The van der Waals surface area contributed by atoms with Crippen molar-refractivity contribution in [1.82, 2.24) is 0 Å². The lowest BCUT2D eigenvalue weighted by molar-refractivity contribution is -0.0913. The molecule has 0 heterocycles. The second-order valence-corrected chi connectivity index (χ2v) is 8.54. The lowest BCUT2D eigenvalue weighted by Gasteiger charge is -2.55. The molecule has 0 bridgehead atoms. The Labute approximate surface area is 123 Å². The molecule has 0 aliphatic heterocycles. The summed E-state index contributed by atoms with van der Waals surface area (Å²) < 4.78 is 0. The third-order valence-electron chi connectivity index (χ3n) is 7.88. The normalized spacial score (nSPS) is 58.6. The molecular formula is C18H30O2. The Kier molecular flexibility index (Phi) is 3.20. The molecule has 0 aromatic rings. The van der Waals surface area contributed by atoms with E-state index in [-0.39, 0.29) is 17.6 Å². The molecule has 4 aliphatic carbocycles. The zero-order valence-electron chi connectivity index (χ0n) is 12.8. The van der Waals surface area contributed by atoms with Crippen LogP contribution in [-0.4, -0.2) is 22.4 Å². The fourth-order valence-electron chi connectivity index (χ4n) is 6.80. The molecule has 2 nitrogen and oxygen atoms in total. The van der Waals surface area contributed by atoms with Gasteiger partial charge in [-0.1, -0.05) is 6.92 Å². The summed E-state index contributed by atoms with van der Waals surface area (Å²) in [4.78, 5) is 0. The molecule has 2 heteroatoms. The van der Waals surface area contributed by atoms with Gasteiger partial charge in [-0.05, 0) is 92.8 Å². The molecule has 8 atom stereocenters. The average Bonchev–Trinajstić information content (AvgIpc) is 2.74. The van der Waals surface area contributed by atoms with Crippen LogP contribution in [-0.2, 0) is 0 Å². The Morgan fingerprint density at radius 3 is 2.45 bits per heavy atom. The average molecular weight is 278 g/mol. The highest BCUT2D eigenvalue weighted by atomic mass is 16.3. The summed E-state index contributed by atoms with van der Waals surface area (Å²) in [5, 5.41) is 20.3. The predicted octanol–water partition coefficient (Wildman–Crippen LogP) is 3.36. The Balaban J connectivity index is 1.57. The van der Waals surface area contributed by atoms with Crippen LogP contribution in [0.4, 0.5) is 0 Å². The Morgan fingerprint density at radius 1 is 0.800 bits per heavy atom. The maximum Gasteiger partial charge on any atom is 0.0596 e. The molecule has 0 amide bonds. The van der Waals surface area contributed by atoms with Gasteiger partial charge in [-0.15, -0.1) is 0 Å². The van der Waals surface area contributed by atoms with Crippen molar-refractivity contribution in [3.8, 4) is 0 Å². The minimum atomic E-state index is -0.0423. The van der Waals surface area contributed by atoms with E-state index in [9.17, 15) is 10.2 Å².